The van der Waals surface area contributed by atoms with Gasteiger partial charge in [0.1, 0.15) is 5.82 Å². The molecule has 18 heavy (non-hydrogen) atoms. The first kappa shape index (κ1) is 15.0. The first-order valence-electron chi connectivity index (χ1n) is 6.70. The summed E-state index contributed by atoms with van der Waals surface area (Å²) in [6, 6.07) is 6.25. The Labute approximate surface area is 110 Å². The summed E-state index contributed by atoms with van der Waals surface area (Å²) in [5, 5.41) is 3.29. The highest BCUT2D eigenvalue weighted by atomic mass is 19.1. The fourth-order valence-electron chi connectivity index (χ4n) is 1.78. The quantitative estimate of drug-likeness (QED) is 0.833. The van der Waals surface area contributed by atoms with Gasteiger partial charge in [-0.05, 0) is 31.0 Å². The Bertz CT molecular complexity index is 377. The number of rotatable bonds is 6. The van der Waals surface area contributed by atoms with E-state index in [1.807, 2.05) is 24.1 Å². The summed E-state index contributed by atoms with van der Waals surface area (Å²) in [6.45, 7) is 9.10. The second-order valence-electron chi connectivity index (χ2n) is 5.19. The minimum Gasteiger partial charge on any atom is -0.370 e. The molecule has 0 saturated heterocycles. The number of nitrogens with zero attached hydrogens (tertiary/aromatic N) is 1. The molecule has 1 aromatic carbocycles. The molecule has 1 rings (SSSR count). The summed E-state index contributed by atoms with van der Waals surface area (Å²) in [7, 11) is 1.94. The standard InChI is InChI=1S/C15H25FN2/c1-6-12(4)18(5)15-8-7-13(9-14(15)16)10-17-11(2)3/h7-9,11-12,17H,6,10H2,1-5H3. The topological polar surface area (TPSA) is 15.3 Å². The molecular weight excluding hydrogens is 227 g/mol. The van der Waals surface area contributed by atoms with Crippen molar-refractivity contribution in [2.45, 2.75) is 52.7 Å². The average Bonchev–Trinajstić information content (AvgIpc) is 2.34. The van der Waals surface area contributed by atoms with Crippen LogP contribution in [0.15, 0.2) is 18.2 Å². The molecule has 1 aromatic rings. The van der Waals surface area contributed by atoms with Crippen molar-refractivity contribution in [1.29, 1.82) is 0 Å². The monoisotopic (exact) mass is 252 g/mol. The maximum Gasteiger partial charge on any atom is 0.146 e. The van der Waals surface area contributed by atoms with Crippen LogP contribution in [0, 0.1) is 5.82 Å². The smallest absolute Gasteiger partial charge is 0.146 e. The van der Waals surface area contributed by atoms with Gasteiger partial charge in [0.2, 0.25) is 0 Å². The van der Waals surface area contributed by atoms with E-state index in [9.17, 15) is 4.39 Å². The van der Waals surface area contributed by atoms with Crippen LogP contribution in [-0.4, -0.2) is 19.1 Å². The number of anilines is 1. The molecule has 0 spiro atoms. The molecule has 1 N–H and O–H groups in total. The molecule has 2 nitrogen and oxygen atoms in total. The molecule has 0 aliphatic carbocycles. The molecule has 0 bridgehead atoms. The predicted molar refractivity (Wildman–Crippen MR) is 76.5 cm³/mol. The van der Waals surface area contributed by atoms with Crippen molar-refractivity contribution in [2.24, 2.45) is 0 Å². The average molecular weight is 252 g/mol. The molecular formula is C15H25FN2. The van der Waals surface area contributed by atoms with Gasteiger partial charge in [-0.15, -0.1) is 0 Å². The van der Waals surface area contributed by atoms with Gasteiger partial charge in [0.25, 0.3) is 0 Å². The van der Waals surface area contributed by atoms with Gasteiger partial charge in [-0.25, -0.2) is 4.39 Å². The minimum absolute atomic E-state index is 0.138. The highest BCUT2D eigenvalue weighted by molar-refractivity contribution is 5.49. The van der Waals surface area contributed by atoms with Crippen molar-refractivity contribution < 1.29 is 4.39 Å². The zero-order chi connectivity index (χ0) is 13.7. The summed E-state index contributed by atoms with van der Waals surface area (Å²) < 4.78 is 14.1. The van der Waals surface area contributed by atoms with Gasteiger partial charge in [0.15, 0.2) is 0 Å². The van der Waals surface area contributed by atoms with Crippen LogP contribution in [0.4, 0.5) is 10.1 Å². The van der Waals surface area contributed by atoms with Gasteiger partial charge in [-0.1, -0.05) is 26.8 Å². The van der Waals surface area contributed by atoms with Crippen LogP contribution in [0.25, 0.3) is 0 Å². The lowest BCUT2D eigenvalue weighted by Crippen LogP contribution is -2.29. The van der Waals surface area contributed by atoms with E-state index in [2.05, 4.69) is 33.0 Å². The van der Waals surface area contributed by atoms with Crippen LogP contribution >= 0.6 is 0 Å². The molecule has 3 heteroatoms. The first-order chi connectivity index (χ1) is 8.45. The SMILES string of the molecule is CCC(C)N(C)c1ccc(CNC(C)C)cc1F. The van der Waals surface area contributed by atoms with E-state index >= 15 is 0 Å². The van der Waals surface area contributed by atoms with E-state index in [4.69, 9.17) is 0 Å². The summed E-state index contributed by atoms with van der Waals surface area (Å²) in [6.07, 6.45) is 1.01. The van der Waals surface area contributed by atoms with Crippen molar-refractivity contribution in [3.8, 4) is 0 Å². The van der Waals surface area contributed by atoms with E-state index in [1.54, 1.807) is 6.07 Å². The molecule has 1 atom stereocenters. The number of hydrogen-bond donors (Lipinski definition) is 1. The highest BCUT2D eigenvalue weighted by Crippen LogP contribution is 2.22. The maximum atomic E-state index is 14.1. The third kappa shape index (κ3) is 3.98. The van der Waals surface area contributed by atoms with Crippen LogP contribution in [-0.2, 0) is 6.54 Å². The predicted octanol–water partition coefficient (Wildman–Crippen LogP) is 3.56. The molecule has 1 unspecified atom stereocenters. The zero-order valence-corrected chi connectivity index (χ0v) is 12.1. The second-order valence-corrected chi connectivity index (χ2v) is 5.19. The Kier molecular flexibility index (Phi) is 5.60. The van der Waals surface area contributed by atoms with Gasteiger partial charge in [0.05, 0.1) is 5.69 Å². The Morgan fingerprint density at radius 1 is 1.28 bits per heavy atom. The highest BCUT2D eigenvalue weighted by Gasteiger charge is 2.12. The second kappa shape index (κ2) is 6.74. The lowest BCUT2D eigenvalue weighted by molar-refractivity contribution is 0.576. The van der Waals surface area contributed by atoms with E-state index in [0.717, 1.165) is 12.0 Å². The summed E-state index contributed by atoms with van der Waals surface area (Å²) in [5.41, 5.74) is 1.67. The Hall–Kier alpha value is -1.09. The van der Waals surface area contributed by atoms with E-state index in [-0.39, 0.29) is 5.82 Å². The van der Waals surface area contributed by atoms with Crippen LogP contribution in [0.1, 0.15) is 39.7 Å². The van der Waals surface area contributed by atoms with Gasteiger partial charge < -0.3 is 10.2 Å². The van der Waals surface area contributed by atoms with Crippen LogP contribution < -0.4 is 10.2 Å². The van der Waals surface area contributed by atoms with Crippen molar-refractivity contribution in [2.75, 3.05) is 11.9 Å². The summed E-state index contributed by atoms with van der Waals surface area (Å²) in [5.74, 6) is -0.138. The van der Waals surface area contributed by atoms with Crippen LogP contribution in [0.3, 0.4) is 0 Å². The van der Waals surface area contributed by atoms with Crippen molar-refractivity contribution >= 4 is 5.69 Å². The third-order valence-corrected chi connectivity index (χ3v) is 3.36. The van der Waals surface area contributed by atoms with E-state index in [0.29, 0.717) is 24.3 Å². The Morgan fingerprint density at radius 2 is 1.94 bits per heavy atom. The molecule has 0 aromatic heterocycles. The maximum absolute atomic E-state index is 14.1. The number of nitrogens with one attached hydrogen (secondary N) is 1. The van der Waals surface area contributed by atoms with Gasteiger partial charge >= 0.3 is 0 Å². The fourth-order valence-corrected chi connectivity index (χ4v) is 1.78. The first-order valence-corrected chi connectivity index (χ1v) is 6.70. The van der Waals surface area contributed by atoms with E-state index < -0.39 is 0 Å². The Morgan fingerprint density at radius 3 is 2.44 bits per heavy atom. The normalized spacial score (nSPS) is 12.8. The summed E-state index contributed by atoms with van der Waals surface area (Å²) in [4.78, 5) is 2.00. The lowest BCUT2D eigenvalue weighted by Gasteiger charge is -2.26. The van der Waals surface area contributed by atoms with Crippen molar-refractivity contribution in [1.82, 2.24) is 5.32 Å². The number of benzene rings is 1. The van der Waals surface area contributed by atoms with Gasteiger partial charge in [0, 0.05) is 25.7 Å². The fraction of sp³-hybridized carbons (Fsp3) is 0.600. The number of halogens is 1. The molecule has 102 valence electrons. The van der Waals surface area contributed by atoms with Crippen LogP contribution in [0.5, 0.6) is 0 Å². The number of hydrogen-bond acceptors (Lipinski definition) is 2. The summed E-state index contributed by atoms with van der Waals surface area (Å²) >= 11 is 0. The molecule has 0 aliphatic rings. The molecule has 0 saturated carbocycles. The minimum atomic E-state index is -0.138. The third-order valence-electron chi connectivity index (χ3n) is 3.36. The molecule has 0 amide bonds. The van der Waals surface area contributed by atoms with Crippen LogP contribution in [0.2, 0.25) is 0 Å². The van der Waals surface area contributed by atoms with E-state index in [1.165, 1.54) is 0 Å². The lowest BCUT2D eigenvalue weighted by atomic mass is 10.1. The van der Waals surface area contributed by atoms with Crippen molar-refractivity contribution in [3.63, 3.8) is 0 Å². The molecule has 0 fully saturated rings. The molecule has 0 aliphatic heterocycles. The molecule has 0 heterocycles. The van der Waals surface area contributed by atoms with Gasteiger partial charge in [-0.3, -0.25) is 0 Å². The largest absolute Gasteiger partial charge is 0.370 e. The zero-order valence-electron chi connectivity index (χ0n) is 12.1. The molecule has 0 radical (unpaired) electrons. The Balaban J connectivity index is 2.79. The van der Waals surface area contributed by atoms with Crippen molar-refractivity contribution in [3.05, 3.63) is 29.6 Å². The van der Waals surface area contributed by atoms with Gasteiger partial charge in [-0.2, -0.15) is 0 Å².